The third kappa shape index (κ3) is 2.74. The van der Waals surface area contributed by atoms with Gasteiger partial charge in [0.05, 0.1) is 0 Å². The fraction of sp³-hybridized carbons (Fsp3) is 0.250. The van der Waals surface area contributed by atoms with Gasteiger partial charge in [-0.2, -0.15) is 0 Å². The molecule has 1 aliphatic rings. The van der Waals surface area contributed by atoms with Gasteiger partial charge < -0.3 is 5.32 Å². The summed E-state index contributed by atoms with van der Waals surface area (Å²) < 4.78 is 15.1. The molecule has 2 nitrogen and oxygen atoms in total. The molecule has 1 N–H and O–H groups in total. The highest BCUT2D eigenvalue weighted by Gasteiger charge is 2.45. The number of rotatable bonds is 4. The average molecular weight is 385 g/mol. The standard InChI is InChI=1S/C20H18BrFN2/c1-13-4-5-15(21)11-14(13)12-24-20(8-9-20)17-6-7-18(22)19-16(17)3-2-10-23-19/h2-7,10-11,24H,8-9,12H2,1H3. The molecule has 2 aromatic carbocycles. The second-order valence-electron chi connectivity index (χ2n) is 6.50. The molecule has 0 aliphatic heterocycles. The fourth-order valence-corrected chi connectivity index (χ4v) is 3.73. The van der Waals surface area contributed by atoms with E-state index in [2.05, 4.69) is 51.4 Å². The molecule has 1 aromatic heterocycles. The first kappa shape index (κ1) is 15.7. The van der Waals surface area contributed by atoms with Gasteiger partial charge in [0.15, 0.2) is 0 Å². The highest BCUT2D eigenvalue weighted by molar-refractivity contribution is 9.10. The van der Waals surface area contributed by atoms with Crippen molar-refractivity contribution < 1.29 is 4.39 Å². The van der Waals surface area contributed by atoms with Crippen molar-refractivity contribution in [2.24, 2.45) is 0 Å². The van der Waals surface area contributed by atoms with Crippen LogP contribution in [-0.4, -0.2) is 4.98 Å². The first-order valence-corrected chi connectivity index (χ1v) is 8.92. The molecule has 122 valence electrons. The molecule has 0 amide bonds. The normalized spacial score (nSPS) is 15.6. The molecule has 1 aliphatic carbocycles. The Kier molecular flexibility index (Phi) is 3.89. The molecule has 1 saturated carbocycles. The Labute approximate surface area is 149 Å². The van der Waals surface area contributed by atoms with Crippen LogP contribution in [0, 0.1) is 12.7 Å². The van der Waals surface area contributed by atoms with Crippen LogP contribution in [0.15, 0.2) is 53.1 Å². The molecule has 0 bridgehead atoms. The number of aryl methyl sites for hydroxylation is 1. The van der Waals surface area contributed by atoms with Gasteiger partial charge in [0, 0.05) is 28.1 Å². The van der Waals surface area contributed by atoms with Crippen LogP contribution in [0.1, 0.15) is 29.5 Å². The van der Waals surface area contributed by atoms with Crippen LogP contribution < -0.4 is 5.32 Å². The van der Waals surface area contributed by atoms with E-state index < -0.39 is 0 Å². The van der Waals surface area contributed by atoms with Gasteiger partial charge in [0.25, 0.3) is 0 Å². The second-order valence-corrected chi connectivity index (χ2v) is 7.42. The van der Waals surface area contributed by atoms with Crippen LogP contribution in [0.2, 0.25) is 0 Å². The smallest absolute Gasteiger partial charge is 0.149 e. The summed E-state index contributed by atoms with van der Waals surface area (Å²) in [6, 6.07) is 13.6. The lowest BCUT2D eigenvalue weighted by Crippen LogP contribution is -2.29. The maximum absolute atomic E-state index is 14.0. The van der Waals surface area contributed by atoms with Crippen molar-refractivity contribution in [3.05, 3.63) is 75.6 Å². The molecule has 3 aromatic rings. The molecule has 0 atom stereocenters. The van der Waals surface area contributed by atoms with Crippen molar-refractivity contribution in [3.63, 3.8) is 0 Å². The molecule has 4 rings (SSSR count). The predicted octanol–water partition coefficient (Wildman–Crippen LogP) is 5.22. The summed E-state index contributed by atoms with van der Waals surface area (Å²) in [4.78, 5) is 4.22. The summed E-state index contributed by atoms with van der Waals surface area (Å²) in [5, 5.41) is 4.62. The van der Waals surface area contributed by atoms with E-state index in [1.807, 2.05) is 18.2 Å². The molecule has 1 fully saturated rings. The zero-order chi connectivity index (χ0) is 16.7. The van der Waals surface area contributed by atoms with Crippen molar-refractivity contribution in [2.45, 2.75) is 31.8 Å². The third-order valence-electron chi connectivity index (χ3n) is 4.91. The number of hydrogen-bond donors (Lipinski definition) is 1. The Morgan fingerprint density at radius 2 is 2.04 bits per heavy atom. The third-order valence-corrected chi connectivity index (χ3v) is 5.41. The Balaban J connectivity index is 1.67. The molecule has 4 heteroatoms. The summed E-state index contributed by atoms with van der Waals surface area (Å²) >= 11 is 3.54. The number of aromatic nitrogens is 1. The lowest BCUT2D eigenvalue weighted by molar-refractivity contribution is 0.520. The van der Waals surface area contributed by atoms with E-state index in [9.17, 15) is 4.39 Å². The van der Waals surface area contributed by atoms with Crippen LogP contribution in [0.25, 0.3) is 10.9 Å². The first-order chi connectivity index (χ1) is 11.6. The largest absolute Gasteiger partial charge is 0.303 e. The van der Waals surface area contributed by atoms with Gasteiger partial charge in [-0.3, -0.25) is 4.98 Å². The molecule has 24 heavy (non-hydrogen) atoms. The van der Waals surface area contributed by atoms with Crippen LogP contribution in [0.4, 0.5) is 4.39 Å². The maximum Gasteiger partial charge on any atom is 0.149 e. The highest BCUT2D eigenvalue weighted by atomic mass is 79.9. The Morgan fingerprint density at radius 1 is 1.21 bits per heavy atom. The van der Waals surface area contributed by atoms with Crippen molar-refractivity contribution in [3.8, 4) is 0 Å². The van der Waals surface area contributed by atoms with Crippen molar-refractivity contribution in [1.82, 2.24) is 10.3 Å². The molecule has 0 unspecified atom stereocenters. The Morgan fingerprint density at radius 3 is 2.83 bits per heavy atom. The Hall–Kier alpha value is -1.78. The first-order valence-electron chi connectivity index (χ1n) is 8.13. The lowest BCUT2D eigenvalue weighted by atomic mass is 9.98. The van der Waals surface area contributed by atoms with E-state index in [4.69, 9.17) is 0 Å². The van der Waals surface area contributed by atoms with Crippen LogP contribution in [-0.2, 0) is 12.1 Å². The number of fused-ring (bicyclic) bond motifs is 1. The van der Waals surface area contributed by atoms with E-state index in [-0.39, 0.29) is 11.4 Å². The maximum atomic E-state index is 14.0. The van der Waals surface area contributed by atoms with Gasteiger partial charge in [-0.15, -0.1) is 0 Å². The van der Waals surface area contributed by atoms with Crippen molar-refractivity contribution >= 4 is 26.8 Å². The lowest BCUT2D eigenvalue weighted by Gasteiger charge is -2.21. The highest BCUT2D eigenvalue weighted by Crippen LogP contribution is 2.48. The molecular weight excluding hydrogens is 367 g/mol. The number of hydrogen-bond acceptors (Lipinski definition) is 2. The van der Waals surface area contributed by atoms with E-state index >= 15 is 0 Å². The van der Waals surface area contributed by atoms with Gasteiger partial charge in [0.2, 0.25) is 0 Å². The quantitative estimate of drug-likeness (QED) is 0.666. The molecule has 0 radical (unpaired) electrons. The van der Waals surface area contributed by atoms with Gasteiger partial charge in [0.1, 0.15) is 11.3 Å². The van der Waals surface area contributed by atoms with Gasteiger partial charge in [-0.05, 0) is 60.7 Å². The SMILES string of the molecule is Cc1ccc(Br)cc1CNC1(c2ccc(F)c3ncccc23)CC1. The summed E-state index contributed by atoms with van der Waals surface area (Å²) in [5.74, 6) is -0.256. The molecule has 0 saturated heterocycles. The van der Waals surface area contributed by atoms with Gasteiger partial charge >= 0.3 is 0 Å². The fourth-order valence-electron chi connectivity index (χ4n) is 3.32. The topological polar surface area (TPSA) is 24.9 Å². The second kappa shape index (κ2) is 5.94. The predicted molar refractivity (Wildman–Crippen MR) is 98.3 cm³/mol. The average Bonchev–Trinajstić information content (AvgIpc) is 3.37. The van der Waals surface area contributed by atoms with E-state index in [0.29, 0.717) is 5.52 Å². The van der Waals surface area contributed by atoms with E-state index in [0.717, 1.165) is 34.8 Å². The van der Waals surface area contributed by atoms with Crippen molar-refractivity contribution in [1.29, 1.82) is 0 Å². The number of nitrogens with one attached hydrogen (secondary N) is 1. The summed E-state index contributed by atoms with van der Waals surface area (Å²) in [6.45, 7) is 2.92. The molecular formula is C20H18BrFN2. The summed E-state index contributed by atoms with van der Waals surface area (Å²) in [6.07, 6.45) is 3.78. The van der Waals surface area contributed by atoms with E-state index in [1.54, 1.807) is 6.20 Å². The van der Waals surface area contributed by atoms with Crippen LogP contribution in [0.3, 0.4) is 0 Å². The summed E-state index contributed by atoms with van der Waals surface area (Å²) in [5.41, 5.74) is 4.10. The van der Waals surface area contributed by atoms with Crippen LogP contribution >= 0.6 is 15.9 Å². The number of benzene rings is 2. The van der Waals surface area contributed by atoms with Crippen LogP contribution in [0.5, 0.6) is 0 Å². The zero-order valence-corrected chi connectivity index (χ0v) is 15.0. The zero-order valence-electron chi connectivity index (χ0n) is 13.4. The molecule has 1 heterocycles. The van der Waals surface area contributed by atoms with Gasteiger partial charge in [-0.25, -0.2) is 4.39 Å². The van der Waals surface area contributed by atoms with Gasteiger partial charge in [-0.1, -0.05) is 34.1 Å². The number of halogens is 2. The minimum absolute atomic E-state index is 0.0657. The molecule has 0 spiro atoms. The van der Waals surface area contributed by atoms with E-state index in [1.165, 1.54) is 17.2 Å². The minimum atomic E-state index is -0.256. The van der Waals surface area contributed by atoms with Crippen molar-refractivity contribution in [2.75, 3.05) is 0 Å². The number of nitrogens with zero attached hydrogens (tertiary/aromatic N) is 1. The minimum Gasteiger partial charge on any atom is -0.303 e. The Bertz CT molecular complexity index is 919. The summed E-state index contributed by atoms with van der Waals surface area (Å²) in [7, 11) is 0. The monoisotopic (exact) mass is 384 g/mol. The number of pyridine rings is 1.